The predicted molar refractivity (Wildman–Crippen MR) is 157 cm³/mol. The number of anilines is 3. The molecule has 42 heavy (non-hydrogen) atoms. The van der Waals surface area contributed by atoms with Gasteiger partial charge < -0.3 is 21.7 Å². The number of benzene rings is 3. The third-order valence-corrected chi connectivity index (χ3v) is 7.40. The molecule has 5 aromatic rings. The molecule has 0 aliphatic carbocycles. The molecule has 0 unspecified atom stereocenters. The van der Waals surface area contributed by atoms with E-state index in [1.165, 1.54) is 12.1 Å². The fourth-order valence-corrected chi connectivity index (χ4v) is 5.45. The summed E-state index contributed by atoms with van der Waals surface area (Å²) in [5, 5.41) is 10.2. The van der Waals surface area contributed by atoms with Gasteiger partial charge in [-0.2, -0.15) is 13.2 Å². The molecule has 3 heterocycles. The summed E-state index contributed by atoms with van der Waals surface area (Å²) in [6, 6.07) is 14.9. The molecule has 0 saturated carbocycles. The van der Waals surface area contributed by atoms with Crippen molar-refractivity contribution in [3.05, 3.63) is 83.9 Å². The molecule has 216 valence electrons. The van der Waals surface area contributed by atoms with E-state index in [0.717, 1.165) is 66.2 Å². The first-order chi connectivity index (χ1) is 20.2. The Labute approximate surface area is 239 Å². The second kappa shape index (κ2) is 11.0. The third-order valence-electron chi connectivity index (χ3n) is 7.40. The molecule has 0 spiro atoms. The van der Waals surface area contributed by atoms with Crippen LogP contribution in [0.25, 0.3) is 27.5 Å². The van der Waals surface area contributed by atoms with Gasteiger partial charge in [-0.1, -0.05) is 36.4 Å². The number of carbonyl (C=O) groups excluding carboxylic acids is 1. The van der Waals surface area contributed by atoms with E-state index in [9.17, 15) is 18.0 Å². The number of urea groups is 1. The van der Waals surface area contributed by atoms with Gasteiger partial charge in [0.25, 0.3) is 0 Å². The third kappa shape index (κ3) is 5.33. The molecule has 1 saturated heterocycles. The van der Waals surface area contributed by atoms with Crippen LogP contribution in [0.5, 0.6) is 0 Å². The lowest BCUT2D eigenvalue weighted by molar-refractivity contribution is -0.137. The fraction of sp³-hybridized carbons (Fsp3) is 0.233. The number of hydrogen-bond acceptors (Lipinski definition) is 6. The molecule has 0 radical (unpaired) electrons. The Bertz CT molecular complexity index is 1790. The zero-order chi connectivity index (χ0) is 29.4. The van der Waals surface area contributed by atoms with Crippen LogP contribution in [0.1, 0.15) is 17.1 Å². The van der Waals surface area contributed by atoms with Crippen LogP contribution in [0.3, 0.4) is 0 Å². The number of nitrogens with zero attached hydrogens (tertiary/aromatic N) is 4. The Morgan fingerprint density at radius 3 is 2.55 bits per heavy atom. The molecule has 9 nitrogen and oxygen atoms in total. The highest BCUT2D eigenvalue weighted by Crippen LogP contribution is 2.37. The van der Waals surface area contributed by atoms with E-state index < -0.39 is 17.8 Å². The number of carbonyl (C=O) groups is 1. The fourth-order valence-electron chi connectivity index (χ4n) is 5.45. The van der Waals surface area contributed by atoms with E-state index >= 15 is 0 Å². The standard InChI is InChI=1S/C30H29F3N8O/c1-18-37-26(27-28(34)36-16-21(41(18)27)17-40-13-11-35-12-14-40)24-9-10-25(23-8-3-2-7-22(23)24)39-29(42)38-20-6-4-5-19(15-20)30(31,32)33/h2-10,15-16,35H,11-14,17H2,1H3,(H2,34,36)(H2,38,39,42). The molecule has 5 N–H and O–H groups in total. The average molecular weight is 575 g/mol. The monoisotopic (exact) mass is 574 g/mol. The summed E-state index contributed by atoms with van der Waals surface area (Å²) in [5.41, 5.74) is 9.30. The largest absolute Gasteiger partial charge is 0.416 e. The van der Waals surface area contributed by atoms with Gasteiger partial charge in [0.15, 0.2) is 0 Å². The van der Waals surface area contributed by atoms with Crippen molar-refractivity contribution >= 4 is 39.5 Å². The number of aromatic nitrogens is 3. The quantitative estimate of drug-likeness (QED) is 0.220. The van der Waals surface area contributed by atoms with Crippen molar-refractivity contribution in [2.24, 2.45) is 0 Å². The number of rotatable bonds is 5. The second-order valence-electron chi connectivity index (χ2n) is 10.2. The summed E-state index contributed by atoms with van der Waals surface area (Å²) in [4.78, 5) is 24.6. The minimum atomic E-state index is -4.51. The number of piperazine rings is 1. The topological polar surface area (TPSA) is 113 Å². The first-order valence-corrected chi connectivity index (χ1v) is 13.5. The van der Waals surface area contributed by atoms with E-state index in [2.05, 4.69) is 30.2 Å². The summed E-state index contributed by atoms with van der Waals surface area (Å²) < 4.78 is 41.4. The zero-order valence-corrected chi connectivity index (χ0v) is 22.8. The number of imidazole rings is 1. The van der Waals surface area contributed by atoms with Gasteiger partial charge in [-0.05, 0) is 36.6 Å². The number of aryl methyl sites for hydroxylation is 1. The van der Waals surface area contributed by atoms with Crippen molar-refractivity contribution in [2.75, 3.05) is 42.5 Å². The summed E-state index contributed by atoms with van der Waals surface area (Å²) in [7, 11) is 0. The lowest BCUT2D eigenvalue weighted by Crippen LogP contribution is -2.43. The van der Waals surface area contributed by atoms with Crippen molar-refractivity contribution in [1.82, 2.24) is 24.6 Å². The van der Waals surface area contributed by atoms with Gasteiger partial charge in [-0.15, -0.1) is 0 Å². The summed E-state index contributed by atoms with van der Waals surface area (Å²) in [6.07, 6.45) is -2.71. The van der Waals surface area contributed by atoms with Crippen molar-refractivity contribution in [3.63, 3.8) is 0 Å². The normalized spacial score (nSPS) is 14.4. The molecule has 6 rings (SSSR count). The van der Waals surface area contributed by atoms with Crippen LogP contribution in [-0.4, -0.2) is 51.5 Å². The molecule has 1 aliphatic rings. The van der Waals surface area contributed by atoms with Gasteiger partial charge in [0.05, 0.1) is 23.1 Å². The number of halogens is 3. The minimum absolute atomic E-state index is 0.0304. The molecule has 0 bridgehead atoms. The first-order valence-electron chi connectivity index (χ1n) is 13.5. The Kier molecular flexibility index (Phi) is 7.17. The molecule has 2 amide bonds. The van der Waals surface area contributed by atoms with Crippen LogP contribution in [0.15, 0.2) is 66.9 Å². The minimum Gasteiger partial charge on any atom is -0.382 e. The molecule has 2 aromatic heterocycles. The van der Waals surface area contributed by atoms with Gasteiger partial charge in [-0.25, -0.2) is 14.8 Å². The number of nitrogen functional groups attached to an aromatic ring is 1. The van der Waals surface area contributed by atoms with E-state index in [1.54, 1.807) is 12.3 Å². The smallest absolute Gasteiger partial charge is 0.382 e. The SMILES string of the molecule is Cc1nc(-c2ccc(NC(=O)Nc3cccc(C(F)(F)F)c3)c3ccccc23)c2c(N)ncc(CN3CCNCC3)n12. The molecule has 0 atom stereocenters. The summed E-state index contributed by atoms with van der Waals surface area (Å²) in [5.74, 6) is 1.15. The lowest BCUT2D eigenvalue weighted by Gasteiger charge is -2.27. The molecule has 3 aromatic carbocycles. The van der Waals surface area contributed by atoms with Crippen LogP contribution < -0.4 is 21.7 Å². The van der Waals surface area contributed by atoms with E-state index in [0.29, 0.717) is 29.3 Å². The highest BCUT2D eigenvalue weighted by molar-refractivity contribution is 6.10. The molecular weight excluding hydrogens is 545 g/mol. The van der Waals surface area contributed by atoms with Gasteiger partial charge in [0, 0.05) is 49.4 Å². The number of alkyl halides is 3. The van der Waals surface area contributed by atoms with Crippen LogP contribution >= 0.6 is 0 Å². The second-order valence-corrected chi connectivity index (χ2v) is 10.2. The maximum absolute atomic E-state index is 13.1. The molecular formula is C30H29F3N8O. The van der Waals surface area contributed by atoms with E-state index in [4.69, 9.17) is 10.7 Å². The predicted octanol–water partition coefficient (Wildman–Crippen LogP) is 5.51. The Morgan fingerprint density at radius 2 is 1.79 bits per heavy atom. The first kappa shape index (κ1) is 27.5. The zero-order valence-electron chi connectivity index (χ0n) is 22.8. The Balaban J connectivity index is 1.34. The van der Waals surface area contributed by atoms with E-state index in [1.807, 2.05) is 37.3 Å². The summed E-state index contributed by atoms with van der Waals surface area (Å²) >= 11 is 0. The van der Waals surface area contributed by atoms with Crippen molar-refractivity contribution < 1.29 is 18.0 Å². The van der Waals surface area contributed by atoms with Crippen LogP contribution in [0.4, 0.5) is 35.2 Å². The van der Waals surface area contributed by atoms with E-state index in [-0.39, 0.29) is 5.69 Å². The van der Waals surface area contributed by atoms with Crippen molar-refractivity contribution in [1.29, 1.82) is 0 Å². The van der Waals surface area contributed by atoms with Crippen LogP contribution in [-0.2, 0) is 12.7 Å². The van der Waals surface area contributed by atoms with Crippen LogP contribution in [0, 0.1) is 6.92 Å². The maximum atomic E-state index is 13.1. The summed E-state index contributed by atoms with van der Waals surface area (Å²) in [6.45, 7) is 6.40. The Morgan fingerprint density at radius 1 is 1.02 bits per heavy atom. The number of fused-ring (bicyclic) bond motifs is 2. The van der Waals surface area contributed by atoms with Crippen LogP contribution in [0.2, 0.25) is 0 Å². The van der Waals surface area contributed by atoms with Gasteiger partial charge >= 0.3 is 12.2 Å². The number of nitrogens with one attached hydrogen (secondary N) is 3. The number of nitrogens with two attached hydrogens (primary N) is 1. The van der Waals surface area contributed by atoms with Gasteiger partial charge in [-0.3, -0.25) is 9.30 Å². The molecule has 1 aliphatic heterocycles. The molecule has 12 heteroatoms. The van der Waals surface area contributed by atoms with Crippen molar-refractivity contribution in [2.45, 2.75) is 19.6 Å². The Hall–Kier alpha value is -4.68. The van der Waals surface area contributed by atoms with Gasteiger partial charge in [0.1, 0.15) is 22.9 Å². The van der Waals surface area contributed by atoms with Crippen molar-refractivity contribution in [3.8, 4) is 11.3 Å². The maximum Gasteiger partial charge on any atom is 0.416 e. The number of amides is 2. The number of hydrogen-bond donors (Lipinski definition) is 4. The van der Waals surface area contributed by atoms with Gasteiger partial charge in [0.2, 0.25) is 0 Å². The highest BCUT2D eigenvalue weighted by Gasteiger charge is 2.30. The molecule has 1 fully saturated rings. The average Bonchev–Trinajstić information content (AvgIpc) is 3.33. The lowest BCUT2D eigenvalue weighted by atomic mass is 10.00. The highest BCUT2D eigenvalue weighted by atomic mass is 19.4.